The van der Waals surface area contributed by atoms with E-state index in [1.54, 1.807) is 5.06 Å². The number of amides is 1. The van der Waals surface area contributed by atoms with Gasteiger partial charge >= 0.3 is 0 Å². The number of hydroxylamine groups is 2. The topological polar surface area (TPSA) is 32.8 Å². The number of halogens is 1. The molecule has 0 spiro atoms. The Morgan fingerprint density at radius 3 is 2.75 bits per heavy atom. The van der Waals surface area contributed by atoms with Crippen LogP contribution in [0, 0.1) is 0 Å². The maximum absolute atomic E-state index is 12.2. The van der Waals surface area contributed by atoms with Crippen LogP contribution in [0.3, 0.4) is 0 Å². The van der Waals surface area contributed by atoms with E-state index in [0.717, 1.165) is 31.5 Å². The van der Waals surface area contributed by atoms with Gasteiger partial charge in [-0.1, -0.05) is 30.3 Å². The van der Waals surface area contributed by atoms with Crippen LogP contribution < -0.4 is 0 Å². The minimum absolute atomic E-state index is 0.0631. The molecule has 2 bridgehead atoms. The minimum Gasteiger partial charge on any atom is -0.283 e. The van der Waals surface area contributed by atoms with Gasteiger partial charge in [-0.15, -0.1) is 11.6 Å². The summed E-state index contributed by atoms with van der Waals surface area (Å²) in [7, 11) is 0. The summed E-state index contributed by atoms with van der Waals surface area (Å²) >= 11 is 6.28. The summed E-state index contributed by atoms with van der Waals surface area (Å²) in [6.07, 6.45) is 2.20. The summed E-state index contributed by atoms with van der Waals surface area (Å²) in [5.74, 6) is 0.0800. The highest BCUT2D eigenvalue weighted by molar-refractivity contribution is 6.20. The zero-order valence-corrected chi connectivity index (χ0v) is 12.1. The molecule has 5 heteroatoms. The van der Waals surface area contributed by atoms with Crippen molar-refractivity contribution in [3.8, 4) is 0 Å². The maximum Gasteiger partial charge on any atom is 0.246 e. The summed E-state index contributed by atoms with van der Waals surface area (Å²) in [4.78, 5) is 20.2. The molecule has 0 aliphatic carbocycles. The molecule has 1 aromatic rings. The summed E-state index contributed by atoms with van der Waals surface area (Å²) in [6.45, 7) is 2.07. The second-order valence-electron chi connectivity index (χ2n) is 5.41. The summed E-state index contributed by atoms with van der Waals surface area (Å²) < 4.78 is 0. The SMILES string of the molecule is O=C1CCCC(Cl)N2CC(C2)N1OCc1ccccc1. The lowest BCUT2D eigenvalue weighted by Crippen LogP contribution is -2.61. The Morgan fingerprint density at radius 2 is 2.00 bits per heavy atom. The first-order valence-electron chi connectivity index (χ1n) is 7.11. The minimum atomic E-state index is 0.0631. The van der Waals surface area contributed by atoms with Gasteiger partial charge in [0.25, 0.3) is 0 Å². The van der Waals surface area contributed by atoms with E-state index in [1.807, 2.05) is 30.3 Å². The van der Waals surface area contributed by atoms with Crippen molar-refractivity contribution >= 4 is 17.5 Å². The molecule has 3 aliphatic heterocycles. The molecule has 3 fully saturated rings. The van der Waals surface area contributed by atoms with Gasteiger partial charge in [0, 0.05) is 19.5 Å². The third-order valence-corrected chi connectivity index (χ3v) is 4.40. The van der Waals surface area contributed by atoms with Crippen LogP contribution in [-0.4, -0.2) is 40.5 Å². The summed E-state index contributed by atoms with van der Waals surface area (Å²) in [5.41, 5.74) is 1.14. The van der Waals surface area contributed by atoms with Crippen molar-refractivity contribution in [2.24, 2.45) is 0 Å². The van der Waals surface area contributed by atoms with Crippen molar-refractivity contribution in [3.63, 3.8) is 0 Å². The lowest BCUT2D eigenvalue weighted by Gasteiger charge is -2.45. The van der Waals surface area contributed by atoms with Gasteiger partial charge in [-0.2, -0.15) is 0 Å². The van der Waals surface area contributed by atoms with Crippen molar-refractivity contribution in [2.75, 3.05) is 13.1 Å². The van der Waals surface area contributed by atoms with E-state index in [4.69, 9.17) is 16.4 Å². The van der Waals surface area contributed by atoms with Gasteiger partial charge in [0.2, 0.25) is 5.91 Å². The van der Waals surface area contributed by atoms with E-state index >= 15 is 0 Å². The zero-order chi connectivity index (χ0) is 13.9. The van der Waals surface area contributed by atoms with Gasteiger partial charge in [0.1, 0.15) is 6.61 Å². The Labute approximate surface area is 124 Å². The van der Waals surface area contributed by atoms with Gasteiger partial charge < -0.3 is 0 Å². The van der Waals surface area contributed by atoms with Crippen LogP contribution in [0.5, 0.6) is 0 Å². The molecule has 4 rings (SSSR count). The predicted octanol–water partition coefficient (Wildman–Crippen LogP) is 2.38. The van der Waals surface area contributed by atoms with Crippen LogP contribution in [-0.2, 0) is 16.2 Å². The third kappa shape index (κ3) is 2.97. The Bertz CT molecular complexity index is 462. The van der Waals surface area contributed by atoms with Gasteiger partial charge in [0.05, 0.1) is 11.5 Å². The fourth-order valence-corrected chi connectivity index (χ4v) is 2.99. The van der Waals surface area contributed by atoms with Crippen molar-refractivity contribution in [1.82, 2.24) is 9.96 Å². The van der Waals surface area contributed by atoms with Crippen LogP contribution in [0.4, 0.5) is 0 Å². The van der Waals surface area contributed by atoms with E-state index < -0.39 is 0 Å². The highest BCUT2D eigenvalue weighted by Gasteiger charge is 2.39. The number of hydrogen-bond donors (Lipinski definition) is 0. The average Bonchev–Trinajstić information content (AvgIpc) is 2.49. The molecule has 3 heterocycles. The molecule has 1 unspecified atom stereocenters. The van der Waals surface area contributed by atoms with E-state index in [9.17, 15) is 4.79 Å². The highest BCUT2D eigenvalue weighted by Crippen LogP contribution is 2.27. The predicted molar refractivity (Wildman–Crippen MR) is 76.9 cm³/mol. The quantitative estimate of drug-likeness (QED) is 0.634. The Kier molecular flexibility index (Phi) is 4.24. The van der Waals surface area contributed by atoms with Crippen molar-refractivity contribution < 1.29 is 9.63 Å². The van der Waals surface area contributed by atoms with Gasteiger partial charge in [0.15, 0.2) is 0 Å². The van der Waals surface area contributed by atoms with Crippen LogP contribution >= 0.6 is 11.6 Å². The Morgan fingerprint density at radius 1 is 1.25 bits per heavy atom. The smallest absolute Gasteiger partial charge is 0.246 e. The fourth-order valence-electron chi connectivity index (χ4n) is 2.68. The molecule has 0 saturated carbocycles. The van der Waals surface area contributed by atoms with E-state index in [1.165, 1.54) is 0 Å². The molecule has 20 heavy (non-hydrogen) atoms. The first kappa shape index (κ1) is 13.9. The van der Waals surface area contributed by atoms with Crippen LogP contribution in [0.2, 0.25) is 0 Å². The monoisotopic (exact) mass is 294 g/mol. The van der Waals surface area contributed by atoms with Crippen molar-refractivity contribution in [2.45, 2.75) is 37.4 Å². The van der Waals surface area contributed by atoms with E-state index in [-0.39, 0.29) is 17.5 Å². The van der Waals surface area contributed by atoms with Gasteiger partial charge in [-0.3, -0.25) is 14.5 Å². The van der Waals surface area contributed by atoms with Gasteiger partial charge in [-0.05, 0) is 18.4 Å². The second-order valence-corrected chi connectivity index (χ2v) is 5.92. The number of fused-ring (bicyclic) bond motifs is 5. The molecule has 0 N–H and O–H groups in total. The molecule has 3 aliphatic rings. The standard InChI is InChI=1S/C15H19ClN2O2/c16-14-7-4-8-15(19)18(13-9-17(14)10-13)20-11-12-5-2-1-3-6-12/h1-3,5-6,13-14H,4,7-11H2. The van der Waals surface area contributed by atoms with E-state index in [0.29, 0.717) is 13.0 Å². The number of carbonyl (C=O) groups is 1. The first-order valence-corrected chi connectivity index (χ1v) is 7.55. The number of benzene rings is 1. The average molecular weight is 295 g/mol. The molecule has 108 valence electrons. The van der Waals surface area contributed by atoms with Crippen molar-refractivity contribution in [3.05, 3.63) is 35.9 Å². The van der Waals surface area contributed by atoms with Crippen molar-refractivity contribution in [1.29, 1.82) is 0 Å². The normalized spacial score (nSPS) is 30.1. The lowest BCUT2D eigenvalue weighted by molar-refractivity contribution is -0.221. The number of carbonyl (C=O) groups excluding carboxylic acids is 1. The molecule has 1 atom stereocenters. The van der Waals surface area contributed by atoms with Crippen LogP contribution in [0.25, 0.3) is 0 Å². The number of nitrogens with zero attached hydrogens (tertiary/aromatic N) is 2. The first-order chi connectivity index (χ1) is 9.74. The molecule has 0 aromatic heterocycles. The maximum atomic E-state index is 12.2. The molecule has 1 aromatic carbocycles. The molecular weight excluding hydrogens is 276 g/mol. The Hall–Kier alpha value is -1.10. The molecular formula is C15H19ClN2O2. The third-order valence-electron chi connectivity index (χ3n) is 3.91. The number of rotatable bonds is 3. The lowest BCUT2D eigenvalue weighted by atomic mass is 10.1. The number of hydrogen-bond acceptors (Lipinski definition) is 3. The highest BCUT2D eigenvalue weighted by atomic mass is 35.5. The van der Waals surface area contributed by atoms with Crippen LogP contribution in [0.15, 0.2) is 30.3 Å². The number of alkyl halides is 1. The largest absolute Gasteiger partial charge is 0.283 e. The van der Waals surface area contributed by atoms with Crippen LogP contribution in [0.1, 0.15) is 24.8 Å². The second kappa shape index (κ2) is 6.12. The molecule has 3 saturated heterocycles. The Balaban J connectivity index is 1.63. The fraction of sp³-hybridized carbons (Fsp3) is 0.533. The van der Waals surface area contributed by atoms with Gasteiger partial charge in [-0.25, -0.2) is 5.06 Å². The molecule has 4 nitrogen and oxygen atoms in total. The summed E-state index contributed by atoms with van der Waals surface area (Å²) in [5, 5.41) is 1.58. The molecule has 1 amide bonds. The molecule has 0 radical (unpaired) electrons. The van der Waals surface area contributed by atoms with E-state index in [2.05, 4.69) is 4.90 Å². The summed E-state index contributed by atoms with van der Waals surface area (Å²) in [6, 6.07) is 10.1. The zero-order valence-electron chi connectivity index (χ0n) is 11.4.